The third kappa shape index (κ3) is 3.48. The summed E-state index contributed by atoms with van der Waals surface area (Å²) in [4.78, 5) is 24.3. The van der Waals surface area contributed by atoms with Crippen LogP contribution in [0.2, 0.25) is 0 Å². The predicted molar refractivity (Wildman–Crippen MR) is 67.2 cm³/mol. The molecule has 1 aliphatic rings. The van der Waals surface area contributed by atoms with Crippen LogP contribution in [0.5, 0.6) is 0 Å². The van der Waals surface area contributed by atoms with Crippen molar-refractivity contribution in [3.63, 3.8) is 0 Å². The molecule has 0 saturated carbocycles. The van der Waals surface area contributed by atoms with Crippen molar-refractivity contribution in [2.24, 2.45) is 11.8 Å². The van der Waals surface area contributed by atoms with Crippen LogP contribution in [-0.4, -0.2) is 41.3 Å². The minimum absolute atomic E-state index is 0.106. The normalized spacial score (nSPS) is 23.8. The molecule has 0 aromatic heterocycles. The second-order valence-corrected chi connectivity index (χ2v) is 4.94. The number of carbonyl (C=O) groups is 2. The van der Waals surface area contributed by atoms with E-state index in [1.165, 1.54) is 11.0 Å². The molecule has 2 atom stereocenters. The first-order valence-electron chi connectivity index (χ1n) is 6.24. The summed E-state index contributed by atoms with van der Waals surface area (Å²) in [6.07, 6.45) is 2.22. The van der Waals surface area contributed by atoms with Gasteiger partial charge in [0.2, 0.25) is 0 Å². The number of nitrogens with zero attached hydrogens (tertiary/aromatic N) is 1. The second kappa shape index (κ2) is 6.42. The van der Waals surface area contributed by atoms with Gasteiger partial charge in [0.1, 0.15) is 12.6 Å². The van der Waals surface area contributed by atoms with E-state index in [1.54, 1.807) is 0 Å². The van der Waals surface area contributed by atoms with Crippen LogP contribution in [0.3, 0.4) is 0 Å². The second-order valence-electron chi connectivity index (χ2n) is 4.94. The fourth-order valence-corrected chi connectivity index (χ4v) is 2.26. The molecule has 0 aromatic rings. The van der Waals surface area contributed by atoms with Gasteiger partial charge in [-0.15, -0.1) is 0 Å². The van der Waals surface area contributed by atoms with Gasteiger partial charge in [-0.3, -0.25) is 4.90 Å². The van der Waals surface area contributed by atoms with Crippen molar-refractivity contribution in [3.05, 3.63) is 12.7 Å². The van der Waals surface area contributed by atoms with Gasteiger partial charge in [0.25, 0.3) is 0 Å². The lowest BCUT2D eigenvalue weighted by atomic mass is 9.83. The Kier molecular flexibility index (Phi) is 5.19. The third-order valence-corrected chi connectivity index (χ3v) is 3.43. The maximum Gasteiger partial charge on any atom is 0.410 e. The van der Waals surface area contributed by atoms with E-state index >= 15 is 0 Å². The van der Waals surface area contributed by atoms with E-state index in [4.69, 9.17) is 4.74 Å². The van der Waals surface area contributed by atoms with Gasteiger partial charge in [-0.25, -0.2) is 9.59 Å². The van der Waals surface area contributed by atoms with Crippen molar-refractivity contribution in [1.29, 1.82) is 0 Å². The average molecular weight is 255 g/mol. The Morgan fingerprint density at radius 3 is 2.72 bits per heavy atom. The molecule has 1 amide bonds. The highest BCUT2D eigenvalue weighted by Gasteiger charge is 2.37. The van der Waals surface area contributed by atoms with Crippen LogP contribution in [-0.2, 0) is 9.53 Å². The molecular formula is C13H21NO4. The highest BCUT2D eigenvalue weighted by Crippen LogP contribution is 2.29. The van der Waals surface area contributed by atoms with Crippen LogP contribution in [0.4, 0.5) is 4.79 Å². The smallest absolute Gasteiger partial charge is 0.410 e. The molecule has 5 nitrogen and oxygen atoms in total. The van der Waals surface area contributed by atoms with Gasteiger partial charge in [0.15, 0.2) is 0 Å². The average Bonchev–Trinajstić information content (AvgIpc) is 2.34. The minimum atomic E-state index is -0.962. The van der Waals surface area contributed by atoms with Crippen molar-refractivity contribution in [3.8, 4) is 0 Å². The number of carbonyl (C=O) groups excluding carboxylic acids is 1. The maximum absolute atomic E-state index is 11.7. The zero-order valence-corrected chi connectivity index (χ0v) is 11.0. The summed E-state index contributed by atoms with van der Waals surface area (Å²) < 4.78 is 4.91. The Balaban J connectivity index is 2.70. The minimum Gasteiger partial charge on any atom is -0.480 e. The number of hydrogen-bond donors (Lipinski definition) is 1. The molecule has 1 heterocycles. The zero-order valence-electron chi connectivity index (χ0n) is 11.0. The fourth-order valence-electron chi connectivity index (χ4n) is 2.26. The van der Waals surface area contributed by atoms with Gasteiger partial charge in [-0.05, 0) is 24.7 Å². The van der Waals surface area contributed by atoms with E-state index < -0.39 is 18.1 Å². The van der Waals surface area contributed by atoms with E-state index in [9.17, 15) is 14.7 Å². The zero-order chi connectivity index (χ0) is 13.7. The first-order chi connectivity index (χ1) is 8.47. The molecule has 2 unspecified atom stereocenters. The van der Waals surface area contributed by atoms with Gasteiger partial charge < -0.3 is 9.84 Å². The molecular weight excluding hydrogens is 234 g/mol. The summed E-state index contributed by atoms with van der Waals surface area (Å²) >= 11 is 0. The molecule has 1 rings (SSSR count). The Labute approximate surface area is 107 Å². The molecule has 0 spiro atoms. The van der Waals surface area contributed by atoms with E-state index in [0.717, 1.165) is 6.42 Å². The highest BCUT2D eigenvalue weighted by molar-refractivity contribution is 5.80. The van der Waals surface area contributed by atoms with Gasteiger partial charge in [-0.2, -0.15) is 0 Å². The molecule has 1 N–H and O–H groups in total. The van der Waals surface area contributed by atoms with Gasteiger partial charge in [0.05, 0.1) is 0 Å². The summed E-state index contributed by atoms with van der Waals surface area (Å²) in [6, 6.07) is -0.775. The molecule has 18 heavy (non-hydrogen) atoms. The van der Waals surface area contributed by atoms with Crippen LogP contribution >= 0.6 is 0 Å². The standard InChI is InChI=1S/C13H21NO4/c1-4-7-18-13(17)14-6-5-10(9(2)3)8-11(14)12(15)16/h4,9-11H,1,5-8H2,2-3H3,(H,15,16). The lowest BCUT2D eigenvalue weighted by Crippen LogP contribution is -2.51. The van der Waals surface area contributed by atoms with E-state index in [-0.39, 0.29) is 6.61 Å². The van der Waals surface area contributed by atoms with E-state index in [1.807, 2.05) is 0 Å². The summed E-state index contributed by atoms with van der Waals surface area (Å²) in [7, 11) is 0. The Bertz CT molecular complexity index is 327. The molecule has 1 fully saturated rings. The van der Waals surface area contributed by atoms with Crippen LogP contribution in [0.1, 0.15) is 26.7 Å². The number of ether oxygens (including phenoxy) is 1. The number of carboxylic acid groups (broad SMARTS) is 1. The molecule has 102 valence electrons. The number of carboxylic acids is 1. The Morgan fingerprint density at radius 2 is 2.22 bits per heavy atom. The largest absolute Gasteiger partial charge is 0.480 e. The number of rotatable bonds is 4. The van der Waals surface area contributed by atoms with Crippen LogP contribution in [0, 0.1) is 11.8 Å². The lowest BCUT2D eigenvalue weighted by molar-refractivity contribution is -0.144. The Hall–Kier alpha value is -1.52. The van der Waals surface area contributed by atoms with Crippen molar-refractivity contribution >= 4 is 12.1 Å². The Morgan fingerprint density at radius 1 is 1.56 bits per heavy atom. The molecule has 1 aliphatic heterocycles. The predicted octanol–water partition coefficient (Wildman–Crippen LogP) is 2.13. The van der Waals surface area contributed by atoms with Crippen LogP contribution in [0.25, 0.3) is 0 Å². The van der Waals surface area contributed by atoms with Crippen molar-refractivity contribution in [2.75, 3.05) is 13.2 Å². The van der Waals surface area contributed by atoms with Crippen LogP contribution < -0.4 is 0 Å². The van der Waals surface area contributed by atoms with Gasteiger partial charge in [0, 0.05) is 6.54 Å². The van der Waals surface area contributed by atoms with Crippen molar-refractivity contribution < 1.29 is 19.4 Å². The number of amides is 1. The molecule has 1 saturated heterocycles. The van der Waals surface area contributed by atoms with Crippen molar-refractivity contribution in [1.82, 2.24) is 4.90 Å². The molecule has 0 aromatic carbocycles. The van der Waals surface area contributed by atoms with Gasteiger partial charge in [-0.1, -0.05) is 26.5 Å². The molecule has 5 heteroatoms. The third-order valence-electron chi connectivity index (χ3n) is 3.43. The number of likely N-dealkylation sites (tertiary alicyclic amines) is 1. The number of piperidine rings is 1. The topological polar surface area (TPSA) is 66.8 Å². The number of aliphatic carboxylic acids is 1. The first-order valence-corrected chi connectivity index (χ1v) is 6.24. The SMILES string of the molecule is C=CCOC(=O)N1CCC(C(C)C)CC1C(=O)O. The molecule has 0 bridgehead atoms. The van der Waals surface area contributed by atoms with Crippen molar-refractivity contribution in [2.45, 2.75) is 32.7 Å². The van der Waals surface area contributed by atoms with Crippen LogP contribution in [0.15, 0.2) is 12.7 Å². The summed E-state index contributed by atoms with van der Waals surface area (Å²) in [6.45, 7) is 8.16. The first kappa shape index (κ1) is 14.5. The van der Waals surface area contributed by atoms with E-state index in [2.05, 4.69) is 20.4 Å². The lowest BCUT2D eigenvalue weighted by Gasteiger charge is -2.37. The molecule has 0 radical (unpaired) electrons. The monoisotopic (exact) mass is 255 g/mol. The summed E-state index contributed by atoms with van der Waals surface area (Å²) in [5, 5.41) is 9.21. The quantitative estimate of drug-likeness (QED) is 0.781. The summed E-state index contributed by atoms with van der Waals surface area (Å²) in [5.74, 6) is -0.191. The number of hydrogen-bond acceptors (Lipinski definition) is 3. The van der Waals surface area contributed by atoms with E-state index in [0.29, 0.717) is 24.8 Å². The molecule has 0 aliphatic carbocycles. The van der Waals surface area contributed by atoms with Gasteiger partial charge >= 0.3 is 12.1 Å². The summed E-state index contributed by atoms with van der Waals surface area (Å²) in [5.41, 5.74) is 0. The fraction of sp³-hybridized carbons (Fsp3) is 0.692. The highest BCUT2D eigenvalue weighted by atomic mass is 16.6. The maximum atomic E-state index is 11.7.